The highest BCUT2D eigenvalue weighted by Gasteiger charge is 2.24. The van der Waals surface area contributed by atoms with Gasteiger partial charge in [-0.05, 0) is 68.0 Å². The Morgan fingerprint density at radius 3 is 2.29 bits per heavy atom. The summed E-state index contributed by atoms with van der Waals surface area (Å²) >= 11 is 1.63. The van der Waals surface area contributed by atoms with Gasteiger partial charge in [0, 0.05) is 27.8 Å². The Kier molecular flexibility index (Phi) is 4.90. The molecule has 124 valence electrons. The maximum absolute atomic E-state index is 12.4. The molecule has 0 aromatic heterocycles. The fraction of sp³-hybridized carbons (Fsp3) is 0.263. The van der Waals surface area contributed by atoms with Crippen molar-refractivity contribution >= 4 is 29.3 Å². The van der Waals surface area contributed by atoms with Crippen LogP contribution in [0.1, 0.15) is 39.1 Å². The van der Waals surface area contributed by atoms with Crippen LogP contribution in [0.3, 0.4) is 0 Å². The predicted octanol–water partition coefficient (Wildman–Crippen LogP) is 3.86. The van der Waals surface area contributed by atoms with Gasteiger partial charge < -0.3 is 10.6 Å². The molecule has 2 amide bonds. The van der Waals surface area contributed by atoms with Gasteiger partial charge in [0.1, 0.15) is 0 Å². The zero-order valence-corrected chi connectivity index (χ0v) is 14.6. The minimum atomic E-state index is -0.175. The minimum Gasteiger partial charge on any atom is -0.349 e. The lowest BCUT2D eigenvalue weighted by Crippen LogP contribution is -2.25. The first-order chi connectivity index (χ1) is 11.6. The highest BCUT2D eigenvalue weighted by atomic mass is 32.2. The first-order valence-electron chi connectivity index (χ1n) is 7.94. The molecule has 0 atom stereocenters. The number of amides is 2. The highest BCUT2D eigenvalue weighted by Crippen LogP contribution is 2.22. The number of nitrogens with one attached hydrogen (secondary N) is 2. The molecule has 1 saturated carbocycles. The predicted molar refractivity (Wildman–Crippen MR) is 97.8 cm³/mol. The summed E-state index contributed by atoms with van der Waals surface area (Å²) in [7, 11) is 0. The molecule has 0 radical (unpaired) electrons. The number of carbonyl (C=O) groups is 2. The third kappa shape index (κ3) is 3.97. The lowest BCUT2D eigenvalue weighted by molar-refractivity contribution is 0.0949. The number of carbonyl (C=O) groups excluding carboxylic acids is 2. The summed E-state index contributed by atoms with van der Waals surface area (Å²) in [4.78, 5) is 25.7. The Hall–Kier alpha value is -2.27. The van der Waals surface area contributed by atoms with Gasteiger partial charge in [0.05, 0.1) is 0 Å². The fourth-order valence-corrected chi connectivity index (χ4v) is 2.74. The van der Waals surface area contributed by atoms with Crippen molar-refractivity contribution in [2.24, 2.45) is 0 Å². The van der Waals surface area contributed by atoms with Crippen LogP contribution in [-0.2, 0) is 0 Å². The van der Waals surface area contributed by atoms with Gasteiger partial charge in [0.2, 0.25) is 0 Å². The number of rotatable bonds is 5. The number of hydrogen-bond acceptors (Lipinski definition) is 3. The van der Waals surface area contributed by atoms with Crippen molar-refractivity contribution in [1.82, 2.24) is 5.32 Å². The van der Waals surface area contributed by atoms with Crippen molar-refractivity contribution in [3.8, 4) is 0 Å². The van der Waals surface area contributed by atoms with E-state index in [2.05, 4.69) is 10.6 Å². The van der Waals surface area contributed by atoms with Crippen LogP contribution in [0.2, 0.25) is 0 Å². The molecule has 2 N–H and O–H groups in total. The molecule has 2 aromatic carbocycles. The van der Waals surface area contributed by atoms with Crippen molar-refractivity contribution in [2.45, 2.75) is 30.7 Å². The van der Waals surface area contributed by atoms with Gasteiger partial charge >= 0.3 is 0 Å². The Balaban J connectivity index is 1.75. The van der Waals surface area contributed by atoms with E-state index in [4.69, 9.17) is 0 Å². The van der Waals surface area contributed by atoms with E-state index >= 15 is 0 Å². The number of anilines is 1. The van der Waals surface area contributed by atoms with Gasteiger partial charge in [-0.15, -0.1) is 11.8 Å². The third-order valence-electron chi connectivity index (χ3n) is 4.01. The summed E-state index contributed by atoms with van der Waals surface area (Å²) in [5, 5.41) is 5.86. The molecule has 3 rings (SSSR count). The second kappa shape index (κ2) is 7.09. The lowest BCUT2D eigenvalue weighted by Gasteiger charge is -2.11. The minimum absolute atomic E-state index is 0.0858. The second-order valence-electron chi connectivity index (χ2n) is 5.96. The highest BCUT2D eigenvalue weighted by molar-refractivity contribution is 7.98. The normalized spacial score (nSPS) is 13.4. The van der Waals surface area contributed by atoms with Crippen LogP contribution in [0.15, 0.2) is 47.4 Å². The Morgan fingerprint density at radius 2 is 1.67 bits per heavy atom. The topological polar surface area (TPSA) is 58.2 Å². The summed E-state index contributed by atoms with van der Waals surface area (Å²) in [6.07, 6.45) is 4.09. The van der Waals surface area contributed by atoms with Crippen molar-refractivity contribution in [1.29, 1.82) is 0 Å². The molecule has 24 heavy (non-hydrogen) atoms. The molecule has 1 fully saturated rings. The smallest absolute Gasteiger partial charge is 0.255 e. The van der Waals surface area contributed by atoms with Gasteiger partial charge in [-0.2, -0.15) is 0 Å². The first kappa shape index (κ1) is 16.6. The molecule has 4 nitrogen and oxygen atoms in total. The van der Waals surface area contributed by atoms with E-state index in [1.54, 1.807) is 36.0 Å². The van der Waals surface area contributed by atoms with Gasteiger partial charge in [0.25, 0.3) is 11.8 Å². The van der Waals surface area contributed by atoms with Crippen LogP contribution in [0.25, 0.3) is 0 Å². The molecular formula is C19H20N2O2S. The van der Waals surface area contributed by atoms with E-state index in [-0.39, 0.29) is 11.8 Å². The molecule has 1 aliphatic carbocycles. The summed E-state index contributed by atoms with van der Waals surface area (Å²) in [6.45, 7) is 1.91. The van der Waals surface area contributed by atoms with Gasteiger partial charge in [-0.25, -0.2) is 0 Å². The molecule has 5 heteroatoms. The molecule has 0 spiro atoms. The first-order valence-corrected chi connectivity index (χ1v) is 9.16. The van der Waals surface area contributed by atoms with Gasteiger partial charge in [-0.3, -0.25) is 9.59 Å². The molecular weight excluding hydrogens is 320 g/mol. The quantitative estimate of drug-likeness (QED) is 0.813. The Bertz CT molecular complexity index is 767. The van der Waals surface area contributed by atoms with Crippen LogP contribution in [0.5, 0.6) is 0 Å². The van der Waals surface area contributed by atoms with E-state index in [9.17, 15) is 9.59 Å². The summed E-state index contributed by atoms with van der Waals surface area (Å²) < 4.78 is 0. The van der Waals surface area contributed by atoms with Crippen molar-refractivity contribution in [3.63, 3.8) is 0 Å². The molecule has 2 aromatic rings. The number of thioether (sulfide) groups is 1. The van der Waals surface area contributed by atoms with E-state index in [0.29, 0.717) is 22.9 Å². The second-order valence-corrected chi connectivity index (χ2v) is 6.84. The maximum Gasteiger partial charge on any atom is 0.255 e. The molecule has 0 bridgehead atoms. The number of benzene rings is 2. The Labute approximate surface area is 146 Å². The largest absolute Gasteiger partial charge is 0.349 e. The third-order valence-corrected chi connectivity index (χ3v) is 4.76. The van der Waals surface area contributed by atoms with Crippen molar-refractivity contribution < 1.29 is 9.59 Å². The SMILES string of the molecule is CSc1ccc(C(=O)Nc2cc(C(=O)NC3CC3)ccc2C)cc1. The van der Waals surface area contributed by atoms with E-state index in [0.717, 1.165) is 23.3 Å². The summed E-state index contributed by atoms with van der Waals surface area (Å²) in [5.41, 5.74) is 2.75. The van der Waals surface area contributed by atoms with E-state index in [1.165, 1.54) is 0 Å². The van der Waals surface area contributed by atoms with Gasteiger partial charge in [-0.1, -0.05) is 6.07 Å². The van der Waals surface area contributed by atoms with Crippen molar-refractivity contribution in [2.75, 3.05) is 11.6 Å². The van der Waals surface area contributed by atoms with Crippen LogP contribution in [0.4, 0.5) is 5.69 Å². The fourth-order valence-electron chi connectivity index (χ4n) is 2.33. The number of aryl methyl sites for hydroxylation is 1. The van der Waals surface area contributed by atoms with Crippen LogP contribution in [0, 0.1) is 6.92 Å². The van der Waals surface area contributed by atoms with Crippen molar-refractivity contribution in [3.05, 3.63) is 59.2 Å². The molecule has 0 heterocycles. The Morgan fingerprint density at radius 1 is 1.00 bits per heavy atom. The zero-order valence-electron chi connectivity index (χ0n) is 13.8. The summed E-state index contributed by atoms with van der Waals surface area (Å²) in [5.74, 6) is -0.261. The lowest BCUT2D eigenvalue weighted by atomic mass is 10.1. The van der Waals surface area contributed by atoms with E-state index < -0.39 is 0 Å². The number of hydrogen-bond donors (Lipinski definition) is 2. The molecule has 0 saturated heterocycles. The standard InChI is InChI=1S/C19H20N2O2S/c1-12-3-4-14(19(23)20-15-7-8-15)11-17(12)21-18(22)13-5-9-16(24-2)10-6-13/h3-6,9-11,15H,7-8H2,1-2H3,(H,20,23)(H,21,22). The van der Waals surface area contributed by atoms with Gasteiger partial charge in [0.15, 0.2) is 0 Å². The summed E-state index contributed by atoms with van der Waals surface area (Å²) in [6, 6.07) is 13.1. The van der Waals surface area contributed by atoms with Crippen LogP contribution >= 0.6 is 11.8 Å². The molecule has 0 unspecified atom stereocenters. The van der Waals surface area contributed by atoms with Crippen LogP contribution < -0.4 is 10.6 Å². The zero-order chi connectivity index (χ0) is 17.1. The van der Waals surface area contributed by atoms with Crippen LogP contribution in [-0.4, -0.2) is 24.1 Å². The molecule has 1 aliphatic rings. The monoisotopic (exact) mass is 340 g/mol. The average molecular weight is 340 g/mol. The average Bonchev–Trinajstić information content (AvgIpc) is 3.40. The van der Waals surface area contributed by atoms with E-state index in [1.807, 2.05) is 31.4 Å². The molecule has 0 aliphatic heterocycles. The maximum atomic E-state index is 12.4.